The van der Waals surface area contributed by atoms with Gasteiger partial charge in [-0.3, -0.25) is 4.79 Å². The van der Waals surface area contributed by atoms with Crippen LogP contribution in [0.1, 0.15) is 66.2 Å². The van der Waals surface area contributed by atoms with Crippen LogP contribution in [-0.4, -0.2) is 48.4 Å². The van der Waals surface area contributed by atoms with Crippen LogP contribution >= 0.6 is 0 Å². The average Bonchev–Trinajstić information content (AvgIpc) is 2.53. The molecule has 0 saturated carbocycles. The number of rotatable bonds is 6. The molecule has 23 heavy (non-hydrogen) atoms. The maximum absolute atomic E-state index is 12.4. The van der Waals surface area contributed by atoms with Crippen molar-refractivity contribution in [3.8, 4) is 0 Å². The summed E-state index contributed by atoms with van der Waals surface area (Å²) in [6.45, 7) is 14.6. The Morgan fingerprint density at radius 2 is 1.57 bits per heavy atom. The molecule has 0 aromatic rings. The zero-order valence-electron chi connectivity index (χ0n) is 15.9. The van der Waals surface area contributed by atoms with Crippen molar-refractivity contribution < 1.29 is 4.79 Å². The molecule has 2 aliphatic heterocycles. The Labute approximate surface area is 143 Å². The highest BCUT2D eigenvalue weighted by molar-refractivity contribution is 5.76. The first kappa shape index (κ1) is 18.8. The van der Waals surface area contributed by atoms with E-state index in [1.807, 2.05) is 0 Å². The van der Waals surface area contributed by atoms with Crippen LogP contribution in [0, 0.1) is 23.7 Å². The van der Waals surface area contributed by atoms with E-state index in [1.165, 1.54) is 45.2 Å². The number of hydrogen-bond donors (Lipinski definition) is 0. The molecule has 0 N–H and O–H groups in total. The van der Waals surface area contributed by atoms with Gasteiger partial charge in [-0.25, -0.2) is 0 Å². The summed E-state index contributed by atoms with van der Waals surface area (Å²) < 4.78 is 0. The summed E-state index contributed by atoms with van der Waals surface area (Å²) in [5.41, 5.74) is 0. The van der Waals surface area contributed by atoms with Crippen molar-refractivity contribution in [1.29, 1.82) is 0 Å². The topological polar surface area (TPSA) is 23.6 Å². The molecule has 2 saturated heterocycles. The predicted molar refractivity (Wildman–Crippen MR) is 97.4 cm³/mol. The lowest BCUT2D eigenvalue weighted by Crippen LogP contribution is -2.42. The lowest BCUT2D eigenvalue weighted by atomic mass is 9.86. The van der Waals surface area contributed by atoms with Crippen LogP contribution in [0.25, 0.3) is 0 Å². The first-order chi connectivity index (χ1) is 11.0. The van der Waals surface area contributed by atoms with Gasteiger partial charge in [0.15, 0.2) is 0 Å². The quantitative estimate of drug-likeness (QED) is 0.737. The van der Waals surface area contributed by atoms with E-state index in [4.69, 9.17) is 0 Å². The van der Waals surface area contributed by atoms with E-state index in [1.54, 1.807) is 0 Å². The Hall–Kier alpha value is -0.570. The molecule has 0 aromatic carbocycles. The summed E-state index contributed by atoms with van der Waals surface area (Å²) in [7, 11) is 0. The summed E-state index contributed by atoms with van der Waals surface area (Å²) >= 11 is 0. The van der Waals surface area contributed by atoms with Crippen molar-refractivity contribution in [1.82, 2.24) is 9.80 Å². The van der Waals surface area contributed by atoms with E-state index in [-0.39, 0.29) is 0 Å². The molecule has 1 amide bonds. The van der Waals surface area contributed by atoms with Crippen LogP contribution < -0.4 is 0 Å². The Kier molecular flexibility index (Phi) is 7.39. The standard InChI is InChI=1S/C20H38N2O/c1-16(2)15-18-5-10-21(11-6-18)12-9-20(23)22-13-7-19(8-14-22)17(3)4/h16-19H,5-15H2,1-4H3. The highest BCUT2D eigenvalue weighted by Gasteiger charge is 2.25. The van der Waals surface area contributed by atoms with Crippen molar-refractivity contribution in [2.75, 3.05) is 32.7 Å². The third-order valence-electron chi connectivity index (χ3n) is 5.99. The molecule has 3 heteroatoms. The molecule has 0 bridgehead atoms. The predicted octanol–water partition coefficient (Wildman–Crippen LogP) is 4.03. The SMILES string of the molecule is CC(C)CC1CCN(CCC(=O)N2CCC(C(C)C)CC2)CC1. The minimum absolute atomic E-state index is 0.386. The van der Waals surface area contributed by atoms with Gasteiger partial charge in [0.05, 0.1) is 0 Å². The number of carbonyl (C=O) groups is 1. The zero-order chi connectivity index (χ0) is 16.8. The Morgan fingerprint density at radius 3 is 2.09 bits per heavy atom. The third-order valence-corrected chi connectivity index (χ3v) is 5.99. The summed E-state index contributed by atoms with van der Waals surface area (Å²) in [5.74, 6) is 3.70. The maximum atomic E-state index is 12.4. The Bertz CT molecular complexity index is 351. The van der Waals surface area contributed by atoms with Crippen molar-refractivity contribution >= 4 is 5.91 Å². The largest absolute Gasteiger partial charge is 0.343 e. The van der Waals surface area contributed by atoms with E-state index in [0.29, 0.717) is 5.91 Å². The molecular formula is C20H38N2O. The van der Waals surface area contributed by atoms with E-state index in [9.17, 15) is 4.79 Å². The molecular weight excluding hydrogens is 284 g/mol. The number of likely N-dealkylation sites (tertiary alicyclic amines) is 2. The third kappa shape index (κ3) is 6.10. The van der Waals surface area contributed by atoms with Gasteiger partial charge >= 0.3 is 0 Å². The fourth-order valence-electron chi connectivity index (χ4n) is 4.34. The van der Waals surface area contributed by atoms with Crippen LogP contribution in [0.5, 0.6) is 0 Å². The van der Waals surface area contributed by atoms with Crippen LogP contribution in [0.4, 0.5) is 0 Å². The van der Waals surface area contributed by atoms with E-state index in [0.717, 1.165) is 49.7 Å². The monoisotopic (exact) mass is 322 g/mol. The molecule has 0 unspecified atom stereocenters. The summed E-state index contributed by atoms with van der Waals surface area (Å²) in [4.78, 5) is 17.1. The number of nitrogens with zero attached hydrogens (tertiary/aromatic N) is 2. The highest BCUT2D eigenvalue weighted by atomic mass is 16.2. The van der Waals surface area contributed by atoms with Crippen LogP contribution in [0.15, 0.2) is 0 Å². The average molecular weight is 323 g/mol. The van der Waals surface area contributed by atoms with Gasteiger partial charge in [-0.2, -0.15) is 0 Å². The molecule has 2 heterocycles. The molecule has 0 aromatic heterocycles. The Balaban J connectivity index is 1.62. The van der Waals surface area contributed by atoms with Crippen molar-refractivity contribution in [3.63, 3.8) is 0 Å². The van der Waals surface area contributed by atoms with Gasteiger partial charge in [-0.1, -0.05) is 27.7 Å². The first-order valence-electron chi connectivity index (χ1n) is 9.95. The maximum Gasteiger partial charge on any atom is 0.223 e. The van der Waals surface area contributed by atoms with Gasteiger partial charge in [-0.05, 0) is 68.9 Å². The number of hydrogen-bond acceptors (Lipinski definition) is 2. The van der Waals surface area contributed by atoms with Gasteiger partial charge in [0, 0.05) is 26.1 Å². The first-order valence-corrected chi connectivity index (χ1v) is 9.95. The smallest absolute Gasteiger partial charge is 0.223 e. The molecule has 3 nitrogen and oxygen atoms in total. The summed E-state index contributed by atoms with van der Waals surface area (Å²) in [6.07, 6.45) is 7.14. The molecule has 2 aliphatic rings. The summed E-state index contributed by atoms with van der Waals surface area (Å²) in [6, 6.07) is 0. The van der Waals surface area contributed by atoms with Gasteiger partial charge < -0.3 is 9.80 Å². The molecule has 0 atom stereocenters. The number of piperidine rings is 2. The lowest BCUT2D eigenvalue weighted by molar-refractivity contribution is -0.133. The summed E-state index contributed by atoms with van der Waals surface area (Å²) in [5, 5.41) is 0. The van der Waals surface area contributed by atoms with Crippen molar-refractivity contribution in [3.05, 3.63) is 0 Å². The van der Waals surface area contributed by atoms with Crippen LogP contribution in [0.3, 0.4) is 0 Å². The molecule has 2 fully saturated rings. The Morgan fingerprint density at radius 1 is 0.957 bits per heavy atom. The van der Waals surface area contributed by atoms with Gasteiger partial charge in [-0.15, -0.1) is 0 Å². The van der Waals surface area contributed by atoms with E-state index >= 15 is 0 Å². The van der Waals surface area contributed by atoms with Crippen molar-refractivity contribution in [2.24, 2.45) is 23.7 Å². The lowest BCUT2D eigenvalue weighted by Gasteiger charge is -2.35. The molecule has 2 rings (SSSR count). The van der Waals surface area contributed by atoms with Gasteiger partial charge in [0.1, 0.15) is 0 Å². The van der Waals surface area contributed by atoms with Crippen LogP contribution in [-0.2, 0) is 4.79 Å². The van der Waals surface area contributed by atoms with Gasteiger partial charge in [0.2, 0.25) is 5.91 Å². The fraction of sp³-hybridized carbons (Fsp3) is 0.950. The van der Waals surface area contributed by atoms with E-state index < -0.39 is 0 Å². The van der Waals surface area contributed by atoms with Gasteiger partial charge in [0.25, 0.3) is 0 Å². The molecule has 0 aliphatic carbocycles. The molecule has 0 radical (unpaired) electrons. The second-order valence-electron chi connectivity index (χ2n) is 8.63. The molecule has 134 valence electrons. The second kappa shape index (κ2) is 9.05. The number of carbonyl (C=O) groups excluding carboxylic acids is 1. The highest BCUT2D eigenvalue weighted by Crippen LogP contribution is 2.26. The zero-order valence-corrected chi connectivity index (χ0v) is 15.9. The second-order valence-corrected chi connectivity index (χ2v) is 8.63. The van der Waals surface area contributed by atoms with Crippen LogP contribution in [0.2, 0.25) is 0 Å². The van der Waals surface area contributed by atoms with Crippen molar-refractivity contribution in [2.45, 2.75) is 66.2 Å². The number of amides is 1. The minimum Gasteiger partial charge on any atom is -0.343 e. The molecule has 0 spiro atoms. The fourth-order valence-corrected chi connectivity index (χ4v) is 4.34. The van der Waals surface area contributed by atoms with E-state index in [2.05, 4.69) is 37.5 Å². The normalized spacial score (nSPS) is 22.3. The minimum atomic E-state index is 0.386.